The van der Waals surface area contributed by atoms with E-state index < -0.39 is 0 Å². The van der Waals surface area contributed by atoms with Crippen LogP contribution >= 0.6 is 11.3 Å². The number of aromatic hydroxyl groups is 1. The molecular weight excluding hydrogens is 282 g/mol. The van der Waals surface area contributed by atoms with Crippen molar-refractivity contribution in [1.82, 2.24) is 4.98 Å². The number of fused-ring (bicyclic) bond motifs is 1. The normalized spacial score (nSPS) is 11.3. The lowest BCUT2D eigenvalue weighted by Crippen LogP contribution is -1.91. The Hall–Kier alpha value is -2.40. The first-order valence-electron chi connectivity index (χ1n) is 6.58. The fourth-order valence-electron chi connectivity index (χ4n) is 2.15. The van der Waals surface area contributed by atoms with Gasteiger partial charge in [0, 0.05) is 0 Å². The standard InChI is InChI=1S/C16H15N3OS/c1-10-7-12(8-11(2)15(10)20)9-17-19-16-18-13-5-3-4-6-14(13)21-16/h3-9,20H,1-2H3,(H,18,19)/b17-9-. The Morgan fingerprint density at radius 2 is 1.90 bits per heavy atom. The number of phenolic OH excluding ortho intramolecular Hbond substituents is 1. The topological polar surface area (TPSA) is 57.5 Å². The van der Waals surface area contributed by atoms with E-state index in [2.05, 4.69) is 15.5 Å². The van der Waals surface area contributed by atoms with Crippen LogP contribution in [0.5, 0.6) is 5.75 Å². The zero-order chi connectivity index (χ0) is 14.8. The van der Waals surface area contributed by atoms with Gasteiger partial charge in [-0.1, -0.05) is 23.5 Å². The van der Waals surface area contributed by atoms with E-state index in [1.807, 2.05) is 50.2 Å². The minimum Gasteiger partial charge on any atom is -0.507 e. The Balaban J connectivity index is 1.77. The van der Waals surface area contributed by atoms with Crippen LogP contribution in [-0.4, -0.2) is 16.3 Å². The number of hydrogen-bond donors (Lipinski definition) is 2. The summed E-state index contributed by atoms with van der Waals surface area (Å²) >= 11 is 1.57. The lowest BCUT2D eigenvalue weighted by Gasteiger charge is -2.04. The van der Waals surface area contributed by atoms with Crippen molar-refractivity contribution in [2.75, 3.05) is 5.43 Å². The number of hydrazone groups is 1. The van der Waals surface area contributed by atoms with E-state index in [0.717, 1.165) is 32.0 Å². The third-order valence-corrected chi connectivity index (χ3v) is 4.12. The van der Waals surface area contributed by atoms with Gasteiger partial charge in [-0.15, -0.1) is 0 Å². The van der Waals surface area contributed by atoms with Crippen molar-refractivity contribution >= 4 is 32.9 Å². The number of aromatic nitrogens is 1. The summed E-state index contributed by atoms with van der Waals surface area (Å²) in [5, 5.41) is 14.7. The number of phenols is 1. The van der Waals surface area contributed by atoms with E-state index in [1.165, 1.54) is 0 Å². The van der Waals surface area contributed by atoms with Crippen LogP contribution < -0.4 is 5.43 Å². The lowest BCUT2D eigenvalue weighted by molar-refractivity contribution is 0.467. The number of nitrogens with zero attached hydrogens (tertiary/aromatic N) is 2. The molecule has 3 rings (SSSR count). The van der Waals surface area contributed by atoms with Crippen molar-refractivity contribution in [3.05, 3.63) is 53.1 Å². The third kappa shape index (κ3) is 2.87. The monoisotopic (exact) mass is 297 g/mol. The van der Waals surface area contributed by atoms with Crippen LogP contribution in [0.4, 0.5) is 5.13 Å². The zero-order valence-corrected chi connectivity index (χ0v) is 12.6. The molecule has 0 unspecified atom stereocenters. The molecule has 1 aromatic heterocycles. The van der Waals surface area contributed by atoms with E-state index in [1.54, 1.807) is 17.6 Å². The summed E-state index contributed by atoms with van der Waals surface area (Å²) in [6, 6.07) is 11.8. The summed E-state index contributed by atoms with van der Waals surface area (Å²) in [6.45, 7) is 3.75. The molecule has 0 atom stereocenters. The molecule has 4 nitrogen and oxygen atoms in total. The van der Waals surface area contributed by atoms with E-state index in [9.17, 15) is 5.11 Å². The van der Waals surface area contributed by atoms with Gasteiger partial charge in [0.1, 0.15) is 5.75 Å². The molecule has 2 N–H and O–H groups in total. The maximum atomic E-state index is 9.75. The first-order valence-corrected chi connectivity index (χ1v) is 7.40. The average Bonchev–Trinajstić information content (AvgIpc) is 2.87. The summed E-state index contributed by atoms with van der Waals surface area (Å²) in [6.07, 6.45) is 1.73. The van der Waals surface area contributed by atoms with E-state index in [0.29, 0.717) is 5.75 Å². The first-order chi connectivity index (χ1) is 10.1. The lowest BCUT2D eigenvalue weighted by atomic mass is 10.1. The number of thiazole rings is 1. The van der Waals surface area contributed by atoms with Crippen molar-refractivity contribution in [1.29, 1.82) is 0 Å². The van der Waals surface area contributed by atoms with Crippen molar-refractivity contribution in [3.63, 3.8) is 0 Å². The molecule has 3 aromatic rings. The highest BCUT2D eigenvalue weighted by molar-refractivity contribution is 7.22. The van der Waals surface area contributed by atoms with Gasteiger partial charge in [0.2, 0.25) is 5.13 Å². The van der Waals surface area contributed by atoms with Crippen molar-refractivity contribution in [2.24, 2.45) is 5.10 Å². The SMILES string of the molecule is Cc1cc(/C=N\Nc2nc3ccccc3s2)cc(C)c1O. The summed E-state index contributed by atoms with van der Waals surface area (Å²) < 4.78 is 1.13. The Labute approximate surface area is 126 Å². The molecular formula is C16H15N3OS. The van der Waals surface area contributed by atoms with Gasteiger partial charge in [0.25, 0.3) is 0 Å². The second-order valence-electron chi connectivity index (χ2n) is 4.86. The highest BCUT2D eigenvalue weighted by Gasteiger charge is 2.03. The van der Waals surface area contributed by atoms with Crippen LogP contribution in [0, 0.1) is 13.8 Å². The number of aryl methyl sites for hydroxylation is 2. The number of nitrogens with one attached hydrogen (secondary N) is 1. The molecule has 0 bridgehead atoms. The largest absolute Gasteiger partial charge is 0.507 e. The molecule has 0 saturated carbocycles. The van der Waals surface area contributed by atoms with E-state index in [-0.39, 0.29) is 0 Å². The Morgan fingerprint density at radius 3 is 2.62 bits per heavy atom. The summed E-state index contributed by atoms with van der Waals surface area (Å²) in [5.41, 5.74) is 6.55. The minimum atomic E-state index is 0.339. The summed E-state index contributed by atoms with van der Waals surface area (Å²) in [4.78, 5) is 4.45. The van der Waals surface area contributed by atoms with Crippen molar-refractivity contribution in [3.8, 4) is 5.75 Å². The summed E-state index contributed by atoms with van der Waals surface area (Å²) in [5.74, 6) is 0.339. The molecule has 5 heteroatoms. The second-order valence-corrected chi connectivity index (χ2v) is 5.89. The first kappa shape index (κ1) is 13.6. The molecule has 0 aliphatic heterocycles. The number of anilines is 1. The predicted octanol–water partition coefficient (Wildman–Crippen LogP) is 4.06. The van der Waals surface area contributed by atoms with Gasteiger partial charge in [-0.3, -0.25) is 5.43 Å². The zero-order valence-electron chi connectivity index (χ0n) is 11.8. The summed E-state index contributed by atoms with van der Waals surface area (Å²) in [7, 11) is 0. The number of hydrogen-bond acceptors (Lipinski definition) is 5. The van der Waals surface area contributed by atoms with Gasteiger partial charge >= 0.3 is 0 Å². The Bertz CT molecular complexity index is 767. The molecule has 21 heavy (non-hydrogen) atoms. The molecule has 1 heterocycles. The number of rotatable bonds is 3. The van der Waals surface area contributed by atoms with Gasteiger partial charge in [0.05, 0.1) is 16.4 Å². The Kier molecular flexibility index (Phi) is 3.58. The molecule has 106 valence electrons. The number of para-hydroxylation sites is 1. The third-order valence-electron chi connectivity index (χ3n) is 3.18. The Morgan fingerprint density at radius 1 is 1.19 bits per heavy atom. The molecule has 0 aliphatic carbocycles. The number of benzene rings is 2. The smallest absolute Gasteiger partial charge is 0.204 e. The van der Waals surface area contributed by atoms with E-state index in [4.69, 9.17) is 0 Å². The highest BCUT2D eigenvalue weighted by atomic mass is 32.1. The van der Waals surface area contributed by atoms with Crippen LogP contribution in [0.25, 0.3) is 10.2 Å². The van der Waals surface area contributed by atoms with Gasteiger partial charge in [0.15, 0.2) is 0 Å². The van der Waals surface area contributed by atoms with Crippen LogP contribution in [0.15, 0.2) is 41.5 Å². The van der Waals surface area contributed by atoms with Gasteiger partial charge in [-0.05, 0) is 54.8 Å². The van der Waals surface area contributed by atoms with Gasteiger partial charge in [-0.25, -0.2) is 4.98 Å². The molecule has 0 aliphatic rings. The fraction of sp³-hybridized carbons (Fsp3) is 0.125. The predicted molar refractivity (Wildman–Crippen MR) is 88.4 cm³/mol. The molecule has 0 spiro atoms. The van der Waals surface area contributed by atoms with Crippen LogP contribution in [-0.2, 0) is 0 Å². The van der Waals surface area contributed by atoms with Gasteiger partial charge < -0.3 is 5.11 Å². The van der Waals surface area contributed by atoms with Crippen LogP contribution in [0.1, 0.15) is 16.7 Å². The highest BCUT2D eigenvalue weighted by Crippen LogP contribution is 2.25. The molecule has 0 fully saturated rings. The van der Waals surface area contributed by atoms with Crippen LogP contribution in [0.2, 0.25) is 0 Å². The molecule has 0 radical (unpaired) electrons. The van der Waals surface area contributed by atoms with Crippen molar-refractivity contribution < 1.29 is 5.11 Å². The quantitative estimate of drug-likeness (QED) is 0.566. The maximum absolute atomic E-state index is 9.75. The second kappa shape index (κ2) is 5.54. The van der Waals surface area contributed by atoms with Crippen molar-refractivity contribution in [2.45, 2.75) is 13.8 Å². The maximum Gasteiger partial charge on any atom is 0.204 e. The molecule has 2 aromatic carbocycles. The van der Waals surface area contributed by atoms with E-state index >= 15 is 0 Å². The molecule has 0 amide bonds. The average molecular weight is 297 g/mol. The molecule has 0 saturated heterocycles. The van der Waals surface area contributed by atoms with Gasteiger partial charge in [-0.2, -0.15) is 5.10 Å². The minimum absolute atomic E-state index is 0.339. The fourth-order valence-corrected chi connectivity index (χ4v) is 2.96. The van der Waals surface area contributed by atoms with Crippen LogP contribution in [0.3, 0.4) is 0 Å².